The number of hydrogen-bond acceptors (Lipinski definition) is 2. The van der Waals surface area contributed by atoms with E-state index >= 15 is 0 Å². The summed E-state index contributed by atoms with van der Waals surface area (Å²) in [5, 5.41) is 8.47. The van der Waals surface area contributed by atoms with Crippen LogP contribution in [0.15, 0.2) is 36.4 Å². The second-order valence-corrected chi connectivity index (χ2v) is 7.00. The molecule has 3 aromatic rings. The summed E-state index contributed by atoms with van der Waals surface area (Å²) in [6.45, 7) is 0.685. The van der Waals surface area contributed by atoms with Crippen LogP contribution in [0.5, 0.6) is 0 Å². The number of rotatable bonds is 0. The molecule has 2 aliphatic heterocycles. The number of nitrogens with one attached hydrogen (secondary N) is 3. The molecule has 0 bridgehead atoms. The van der Waals surface area contributed by atoms with Gasteiger partial charge in [0, 0.05) is 28.0 Å². The molecule has 1 atom stereocenters. The Bertz CT molecular complexity index is 1030. The summed E-state index contributed by atoms with van der Waals surface area (Å²) in [6.07, 6.45) is 0.849. The zero-order chi connectivity index (χ0) is 16.5. The number of hydrogen-bond donors (Lipinski definition) is 3. The molecule has 0 fully saturated rings. The number of anilines is 1. The summed E-state index contributed by atoms with van der Waals surface area (Å²) in [5.41, 5.74) is 3.30. The Morgan fingerprint density at radius 1 is 1.04 bits per heavy atom. The third kappa shape index (κ3) is 1.61. The summed E-state index contributed by atoms with van der Waals surface area (Å²) in [5.74, 6) is -0.153. The average Bonchev–Trinajstić information content (AvgIpc) is 3.10. The highest BCUT2D eigenvalue weighted by Gasteiger charge is 2.53. The highest BCUT2D eigenvalue weighted by molar-refractivity contribution is 6.38. The number of amides is 1. The van der Waals surface area contributed by atoms with Gasteiger partial charge in [-0.25, -0.2) is 0 Å². The predicted octanol–water partition coefficient (Wildman–Crippen LogP) is 3.82. The molecule has 0 aliphatic carbocycles. The van der Waals surface area contributed by atoms with Crippen LogP contribution in [0.4, 0.5) is 5.69 Å². The molecule has 6 heteroatoms. The third-order valence-electron chi connectivity index (χ3n) is 5.01. The van der Waals surface area contributed by atoms with Gasteiger partial charge in [0.1, 0.15) is 0 Å². The highest BCUT2D eigenvalue weighted by atomic mass is 35.5. The Hall–Kier alpha value is -2.01. The molecule has 3 heterocycles. The van der Waals surface area contributed by atoms with E-state index < -0.39 is 5.54 Å². The monoisotopic (exact) mass is 357 g/mol. The van der Waals surface area contributed by atoms with Crippen molar-refractivity contribution in [3.63, 3.8) is 0 Å². The minimum absolute atomic E-state index is 0.153. The quantitative estimate of drug-likeness (QED) is 0.572. The number of carbonyl (C=O) groups excluding carboxylic acids is 1. The fourth-order valence-corrected chi connectivity index (χ4v) is 4.52. The maximum Gasteiger partial charge on any atom is 0.255 e. The van der Waals surface area contributed by atoms with Crippen LogP contribution in [-0.2, 0) is 16.8 Å². The zero-order valence-electron chi connectivity index (χ0n) is 12.5. The van der Waals surface area contributed by atoms with Crippen molar-refractivity contribution in [2.45, 2.75) is 12.0 Å². The molecular formula is C18H13Cl2N3O. The first-order valence-corrected chi connectivity index (χ1v) is 8.53. The van der Waals surface area contributed by atoms with Crippen molar-refractivity contribution in [1.82, 2.24) is 10.3 Å². The van der Waals surface area contributed by atoms with Gasteiger partial charge in [-0.05, 0) is 30.2 Å². The van der Waals surface area contributed by atoms with Crippen LogP contribution in [0, 0.1) is 0 Å². The number of aromatic nitrogens is 1. The van der Waals surface area contributed by atoms with Gasteiger partial charge in [-0.3, -0.25) is 10.1 Å². The molecule has 5 rings (SSSR count). The summed E-state index contributed by atoms with van der Waals surface area (Å²) >= 11 is 12.8. The Kier molecular flexibility index (Phi) is 2.84. The number of fused-ring (bicyclic) bond motifs is 6. The lowest BCUT2D eigenvalue weighted by Crippen LogP contribution is -2.53. The van der Waals surface area contributed by atoms with E-state index in [0.717, 1.165) is 28.6 Å². The van der Waals surface area contributed by atoms with Crippen LogP contribution in [-0.4, -0.2) is 17.4 Å². The Morgan fingerprint density at radius 2 is 1.83 bits per heavy atom. The van der Waals surface area contributed by atoms with E-state index in [1.165, 1.54) is 0 Å². The topological polar surface area (TPSA) is 56.9 Å². The maximum atomic E-state index is 13.0. The minimum Gasteiger partial charge on any atom is -0.356 e. The van der Waals surface area contributed by atoms with E-state index in [1.54, 1.807) is 12.1 Å². The molecule has 1 spiro atoms. The normalized spacial score (nSPS) is 21.8. The maximum absolute atomic E-state index is 13.0. The first-order valence-electron chi connectivity index (χ1n) is 7.78. The van der Waals surface area contributed by atoms with Crippen LogP contribution >= 0.6 is 23.2 Å². The van der Waals surface area contributed by atoms with Gasteiger partial charge < -0.3 is 10.3 Å². The average molecular weight is 358 g/mol. The summed E-state index contributed by atoms with van der Waals surface area (Å²) < 4.78 is 0. The molecule has 2 aliphatic rings. The van der Waals surface area contributed by atoms with Crippen LogP contribution in [0.1, 0.15) is 16.8 Å². The molecule has 4 nitrogen and oxygen atoms in total. The fraction of sp³-hybridized carbons (Fsp3) is 0.167. The van der Waals surface area contributed by atoms with Crippen LogP contribution in [0.25, 0.3) is 10.9 Å². The van der Waals surface area contributed by atoms with E-state index in [4.69, 9.17) is 23.2 Å². The molecule has 1 unspecified atom stereocenters. The van der Waals surface area contributed by atoms with Crippen molar-refractivity contribution in [3.05, 3.63) is 63.3 Å². The second kappa shape index (κ2) is 4.76. The largest absolute Gasteiger partial charge is 0.356 e. The van der Waals surface area contributed by atoms with Gasteiger partial charge in [-0.1, -0.05) is 41.4 Å². The first kappa shape index (κ1) is 14.3. The van der Waals surface area contributed by atoms with E-state index in [2.05, 4.69) is 21.7 Å². The lowest BCUT2D eigenvalue weighted by Gasteiger charge is -2.33. The van der Waals surface area contributed by atoms with Crippen molar-refractivity contribution in [2.75, 3.05) is 11.9 Å². The molecule has 0 radical (unpaired) electrons. The van der Waals surface area contributed by atoms with Gasteiger partial charge >= 0.3 is 0 Å². The molecule has 0 saturated carbocycles. The molecule has 3 N–H and O–H groups in total. The second-order valence-electron chi connectivity index (χ2n) is 6.18. The van der Waals surface area contributed by atoms with E-state index in [9.17, 15) is 4.79 Å². The van der Waals surface area contributed by atoms with Gasteiger partial charge in [0.05, 0.1) is 16.4 Å². The van der Waals surface area contributed by atoms with Gasteiger partial charge in [-0.2, -0.15) is 0 Å². The first-order chi connectivity index (χ1) is 11.6. The minimum atomic E-state index is -1.02. The standard InChI is InChI=1S/C18H13Cl2N3O/c19-11-5-6-12(20)15-14(11)18(17(24)23-15)16-10(7-8-21-18)9-3-1-2-4-13(9)22-16/h1-6,21-22H,7-8H2,(H,23,24). The van der Waals surface area contributed by atoms with Crippen molar-refractivity contribution in [1.29, 1.82) is 0 Å². The molecule has 1 aromatic heterocycles. The predicted molar refractivity (Wildman–Crippen MR) is 95.9 cm³/mol. The van der Waals surface area contributed by atoms with Crippen LogP contribution < -0.4 is 10.6 Å². The number of halogens is 2. The van der Waals surface area contributed by atoms with E-state index in [1.807, 2.05) is 18.2 Å². The molecular weight excluding hydrogens is 345 g/mol. The SMILES string of the molecule is O=C1Nc2c(Cl)ccc(Cl)c2C12NCCc1c2[nH]c2ccccc12. The smallest absolute Gasteiger partial charge is 0.255 e. The number of para-hydroxylation sites is 1. The van der Waals surface area contributed by atoms with Gasteiger partial charge in [0.2, 0.25) is 0 Å². The molecule has 24 heavy (non-hydrogen) atoms. The van der Waals surface area contributed by atoms with Crippen molar-refractivity contribution in [3.8, 4) is 0 Å². The van der Waals surface area contributed by atoms with Crippen molar-refractivity contribution < 1.29 is 4.79 Å². The molecule has 2 aromatic carbocycles. The van der Waals surface area contributed by atoms with Gasteiger partial charge in [0.15, 0.2) is 5.54 Å². The zero-order valence-corrected chi connectivity index (χ0v) is 14.1. The summed E-state index contributed by atoms with van der Waals surface area (Å²) in [4.78, 5) is 16.5. The molecule has 0 saturated heterocycles. The molecule has 1 amide bonds. The third-order valence-corrected chi connectivity index (χ3v) is 5.64. The van der Waals surface area contributed by atoms with E-state index in [-0.39, 0.29) is 5.91 Å². The van der Waals surface area contributed by atoms with E-state index in [0.29, 0.717) is 27.8 Å². The lowest BCUT2D eigenvalue weighted by molar-refractivity contribution is -0.120. The number of carbonyl (C=O) groups is 1. The lowest BCUT2D eigenvalue weighted by atomic mass is 9.82. The number of H-pyrrole nitrogens is 1. The van der Waals surface area contributed by atoms with Crippen LogP contribution in [0.2, 0.25) is 10.0 Å². The number of aromatic amines is 1. The van der Waals surface area contributed by atoms with Gasteiger partial charge in [-0.15, -0.1) is 0 Å². The van der Waals surface area contributed by atoms with Crippen molar-refractivity contribution >= 4 is 45.7 Å². The Morgan fingerprint density at radius 3 is 2.71 bits per heavy atom. The fourth-order valence-electron chi connectivity index (χ4n) is 4.01. The summed E-state index contributed by atoms with van der Waals surface area (Å²) in [6, 6.07) is 11.5. The van der Waals surface area contributed by atoms with Crippen molar-refractivity contribution in [2.24, 2.45) is 0 Å². The Balaban J connectivity index is 1.90. The highest BCUT2D eigenvalue weighted by Crippen LogP contribution is 2.50. The van der Waals surface area contributed by atoms with Crippen LogP contribution in [0.3, 0.4) is 0 Å². The van der Waals surface area contributed by atoms with Gasteiger partial charge in [0.25, 0.3) is 5.91 Å². The number of benzene rings is 2. The summed E-state index contributed by atoms with van der Waals surface area (Å²) in [7, 11) is 0. The molecule has 120 valence electrons. The Labute approximate surface area is 148 Å².